The van der Waals surface area contributed by atoms with E-state index in [-0.39, 0.29) is 5.78 Å². The highest BCUT2D eigenvalue weighted by molar-refractivity contribution is 6.05. The number of carbonyl (C=O) groups excluding carboxylic acids is 1. The maximum absolute atomic E-state index is 12.1. The van der Waals surface area contributed by atoms with Gasteiger partial charge in [-0.25, -0.2) is 0 Å². The highest BCUT2D eigenvalue weighted by Crippen LogP contribution is 2.24. The number of hydrogen-bond donors (Lipinski definition) is 1. The number of carbonyl (C=O) groups is 1. The van der Waals surface area contributed by atoms with Crippen LogP contribution >= 0.6 is 0 Å². The zero-order valence-electron chi connectivity index (χ0n) is 12.8. The summed E-state index contributed by atoms with van der Waals surface area (Å²) in [5.41, 5.74) is 3.85. The van der Waals surface area contributed by atoms with Gasteiger partial charge in [0.25, 0.3) is 0 Å². The minimum absolute atomic E-state index is 0.0163. The Morgan fingerprint density at radius 2 is 1.62 bits per heavy atom. The van der Waals surface area contributed by atoms with Crippen molar-refractivity contribution < 1.29 is 4.79 Å². The molecule has 0 spiro atoms. The van der Waals surface area contributed by atoms with E-state index in [0.717, 1.165) is 11.4 Å². The third-order valence-electron chi connectivity index (χ3n) is 3.32. The van der Waals surface area contributed by atoms with E-state index in [1.54, 1.807) is 6.08 Å². The Balaban J connectivity index is 2.17. The van der Waals surface area contributed by atoms with Crippen LogP contribution < -0.4 is 5.32 Å². The fraction of sp³-hybridized carbons (Fsp3) is 0.211. The normalized spacial score (nSPS) is 11.5. The van der Waals surface area contributed by atoms with Crippen LogP contribution in [0.4, 0.5) is 5.69 Å². The van der Waals surface area contributed by atoms with Crippen LogP contribution in [0, 0.1) is 0 Å². The molecule has 1 N–H and O–H groups in total. The van der Waals surface area contributed by atoms with Crippen LogP contribution in [0.3, 0.4) is 0 Å². The van der Waals surface area contributed by atoms with Gasteiger partial charge in [-0.1, -0.05) is 62.4 Å². The van der Waals surface area contributed by atoms with Crippen molar-refractivity contribution in [3.63, 3.8) is 0 Å². The fourth-order valence-corrected chi connectivity index (χ4v) is 2.25. The molecule has 21 heavy (non-hydrogen) atoms. The molecule has 2 rings (SSSR count). The Morgan fingerprint density at radius 1 is 1.00 bits per heavy atom. The summed E-state index contributed by atoms with van der Waals surface area (Å²) < 4.78 is 0. The second kappa shape index (κ2) is 6.89. The van der Waals surface area contributed by atoms with Gasteiger partial charge >= 0.3 is 0 Å². The molecule has 0 amide bonds. The van der Waals surface area contributed by atoms with Crippen LogP contribution in [0.1, 0.15) is 42.6 Å². The van der Waals surface area contributed by atoms with Gasteiger partial charge < -0.3 is 5.32 Å². The molecule has 0 fully saturated rings. The summed E-state index contributed by atoms with van der Waals surface area (Å²) in [5.74, 6) is 0.453. The van der Waals surface area contributed by atoms with Crippen molar-refractivity contribution in [2.45, 2.75) is 26.7 Å². The lowest BCUT2D eigenvalue weighted by Gasteiger charge is -2.14. The molecule has 0 aliphatic heterocycles. The Bertz CT molecular complexity index is 642. The minimum atomic E-state index is 0.0163. The summed E-state index contributed by atoms with van der Waals surface area (Å²) in [6.07, 6.45) is 1.65. The molecule has 0 aromatic heterocycles. The summed E-state index contributed by atoms with van der Waals surface area (Å²) in [4.78, 5) is 12.1. The van der Waals surface area contributed by atoms with Crippen LogP contribution in [0.2, 0.25) is 0 Å². The van der Waals surface area contributed by atoms with Crippen LogP contribution in [0.15, 0.2) is 66.4 Å². The van der Waals surface area contributed by atoms with Gasteiger partial charge in [0.1, 0.15) is 0 Å². The van der Waals surface area contributed by atoms with Crippen LogP contribution in [-0.2, 0) is 0 Å². The largest absolute Gasteiger partial charge is 0.359 e. The summed E-state index contributed by atoms with van der Waals surface area (Å²) in [7, 11) is 0. The van der Waals surface area contributed by atoms with Crippen molar-refractivity contribution in [1.29, 1.82) is 0 Å². The molecule has 0 atom stereocenters. The van der Waals surface area contributed by atoms with Crippen molar-refractivity contribution in [3.8, 4) is 0 Å². The lowest BCUT2D eigenvalue weighted by atomic mass is 10.0. The molecule has 0 saturated heterocycles. The molecule has 0 unspecified atom stereocenters. The van der Waals surface area contributed by atoms with Gasteiger partial charge in [0.05, 0.1) is 0 Å². The van der Waals surface area contributed by atoms with Crippen LogP contribution in [0.5, 0.6) is 0 Å². The second-order valence-corrected chi connectivity index (χ2v) is 5.42. The number of hydrogen-bond acceptors (Lipinski definition) is 2. The fourth-order valence-electron chi connectivity index (χ4n) is 2.25. The lowest BCUT2D eigenvalue weighted by Crippen LogP contribution is -2.04. The quantitative estimate of drug-likeness (QED) is 0.616. The van der Waals surface area contributed by atoms with Gasteiger partial charge in [-0.15, -0.1) is 0 Å². The van der Waals surface area contributed by atoms with Crippen molar-refractivity contribution >= 4 is 11.5 Å². The predicted octanol–water partition coefficient (Wildman–Crippen LogP) is 5.01. The van der Waals surface area contributed by atoms with Gasteiger partial charge in [0, 0.05) is 23.0 Å². The lowest BCUT2D eigenvalue weighted by molar-refractivity contribution is 0.104. The highest BCUT2D eigenvalue weighted by Gasteiger charge is 2.07. The average Bonchev–Trinajstić information content (AvgIpc) is 2.48. The molecule has 108 valence electrons. The van der Waals surface area contributed by atoms with Crippen LogP contribution in [0.25, 0.3) is 0 Å². The highest BCUT2D eigenvalue weighted by atomic mass is 16.1. The number of ketones is 1. The predicted molar refractivity (Wildman–Crippen MR) is 88.7 cm³/mol. The summed E-state index contributed by atoms with van der Waals surface area (Å²) >= 11 is 0. The zero-order chi connectivity index (χ0) is 15.2. The monoisotopic (exact) mass is 279 g/mol. The Labute approximate surface area is 126 Å². The molecule has 0 aliphatic carbocycles. The van der Waals surface area contributed by atoms with E-state index in [2.05, 4.69) is 25.2 Å². The van der Waals surface area contributed by atoms with Crippen molar-refractivity contribution in [1.82, 2.24) is 0 Å². The first-order valence-corrected chi connectivity index (χ1v) is 7.21. The Morgan fingerprint density at radius 3 is 2.29 bits per heavy atom. The van der Waals surface area contributed by atoms with E-state index in [4.69, 9.17) is 0 Å². The number of nitrogens with one attached hydrogen (secondary N) is 1. The third kappa shape index (κ3) is 4.06. The molecule has 0 bridgehead atoms. The summed E-state index contributed by atoms with van der Waals surface area (Å²) in [6.45, 7) is 6.24. The zero-order valence-corrected chi connectivity index (χ0v) is 12.8. The average molecular weight is 279 g/mol. The van der Waals surface area contributed by atoms with Gasteiger partial charge in [0.2, 0.25) is 0 Å². The van der Waals surface area contributed by atoms with E-state index in [1.807, 2.05) is 55.5 Å². The van der Waals surface area contributed by atoms with Gasteiger partial charge in [-0.3, -0.25) is 4.79 Å². The number of anilines is 1. The Hall–Kier alpha value is -2.35. The second-order valence-electron chi connectivity index (χ2n) is 5.42. The molecule has 2 aromatic rings. The Kier molecular flexibility index (Phi) is 4.94. The molecule has 2 heteroatoms. The summed E-state index contributed by atoms with van der Waals surface area (Å²) in [6, 6.07) is 17.5. The van der Waals surface area contributed by atoms with Crippen molar-refractivity contribution in [2.75, 3.05) is 5.32 Å². The molecule has 2 nitrogen and oxygen atoms in total. The van der Waals surface area contributed by atoms with Crippen LogP contribution in [-0.4, -0.2) is 5.78 Å². The molecular formula is C19H21NO. The molecular weight excluding hydrogens is 258 g/mol. The number of para-hydroxylation sites is 1. The molecule has 0 radical (unpaired) electrons. The van der Waals surface area contributed by atoms with Crippen molar-refractivity contribution in [3.05, 3.63) is 77.5 Å². The first-order valence-electron chi connectivity index (χ1n) is 7.21. The van der Waals surface area contributed by atoms with E-state index < -0.39 is 0 Å². The number of rotatable bonds is 5. The third-order valence-corrected chi connectivity index (χ3v) is 3.32. The molecule has 0 aliphatic rings. The van der Waals surface area contributed by atoms with E-state index >= 15 is 0 Å². The maximum atomic E-state index is 12.1. The minimum Gasteiger partial charge on any atom is -0.359 e. The van der Waals surface area contributed by atoms with E-state index in [9.17, 15) is 4.79 Å². The van der Waals surface area contributed by atoms with Gasteiger partial charge in [0.15, 0.2) is 5.78 Å². The topological polar surface area (TPSA) is 29.1 Å². The van der Waals surface area contributed by atoms with E-state index in [0.29, 0.717) is 11.5 Å². The van der Waals surface area contributed by atoms with Crippen molar-refractivity contribution in [2.24, 2.45) is 0 Å². The number of benzene rings is 2. The maximum Gasteiger partial charge on any atom is 0.187 e. The van der Waals surface area contributed by atoms with Gasteiger partial charge in [-0.2, -0.15) is 0 Å². The first kappa shape index (κ1) is 15.0. The standard InChI is InChI=1S/C19H21NO/c1-14(2)17-11-7-8-12-18(17)20-15(3)13-19(21)16-9-5-4-6-10-16/h4-14,20H,1-3H3/b15-13+. The molecule has 0 heterocycles. The first-order chi connectivity index (χ1) is 10.1. The summed E-state index contributed by atoms with van der Waals surface area (Å²) in [5, 5.41) is 3.33. The smallest absolute Gasteiger partial charge is 0.187 e. The molecule has 0 saturated carbocycles. The van der Waals surface area contributed by atoms with Gasteiger partial charge in [-0.05, 0) is 24.5 Å². The SMILES string of the molecule is C/C(=C\C(=O)c1ccccc1)Nc1ccccc1C(C)C. The van der Waals surface area contributed by atoms with E-state index in [1.165, 1.54) is 5.56 Å². The number of allylic oxidation sites excluding steroid dienone is 2. The molecule has 2 aromatic carbocycles.